The first-order valence-corrected chi connectivity index (χ1v) is 13.1. The predicted molar refractivity (Wildman–Crippen MR) is 121 cm³/mol. The van der Waals surface area contributed by atoms with E-state index in [-0.39, 0.29) is 22.9 Å². The van der Waals surface area contributed by atoms with E-state index in [0.717, 1.165) is 11.1 Å². The maximum absolute atomic E-state index is 12.9. The first kappa shape index (κ1) is 24.2. The minimum atomic E-state index is -3.90. The summed E-state index contributed by atoms with van der Waals surface area (Å²) in [7, 11) is -5.99. The van der Waals surface area contributed by atoms with E-state index < -0.39 is 37.6 Å². The Morgan fingerprint density at radius 3 is 2.03 bits per heavy atom. The average molecular weight is 481 g/mol. The Labute approximate surface area is 189 Å². The number of methoxy groups -OCH3 is 1. The van der Waals surface area contributed by atoms with Crippen molar-refractivity contribution in [3.05, 3.63) is 52.6 Å². The Morgan fingerprint density at radius 1 is 1.00 bits per heavy atom. The number of nitrogens with one attached hydrogen (secondary N) is 1. The van der Waals surface area contributed by atoms with Gasteiger partial charge in [0.1, 0.15) is 11.0 Å². The molecule has 0 spiro atoms. The molecule has 0 aliphatic carbocycles. The molecule has 0 aromatic heterocycles. The molecular weight excluding hydrogens is 452 g/mol. The van der Waals surface area contributed by atoms with Crippen LogP contribution in [0.4, 0.5) is 0 Å². The lowest BCUT2D eigenvalue weighted by atomic mass is 10.0. The number of nitrogens with zero attached hydrogens (tertiary/aromatic N) is 1. The Hall–Kier alpha value is -2.43. The monoisotopic (exact) mass is 480 g/mol. The molecule has 1 saturated heterocycles. The maximum Gasteiger partial charge on any atom is 0.241 e. The van der Waals surface area contributed by atoms with Crippen molar-refractivity contribution in [3.63, 3.8) is 0 Å². The third kappa shape index (κ3) is 4.53. The highest BCUT2D eigenvalue weighted by atomic mass is 32.2. The van der Waals surface area contributed by atoms with Crippen molar-refractivity contribution in [3.8, 4) is 5.75 Å². The maximum atomic E-state index is 12.9. The van der Waals surface area contributed by atoms with Crippen molar-refractivity contribution in [2.75, 3.05) is 26.7 Å². The molecule has 0 saturated carbocycles. The van der Waals surface area contributed by atoms with Crippen LogP contribution in [0.2, 0.25) is 0 Å². The van der Waals surface area contributed by atoms with Gasteiger partial charge in [-0.1, -0.05) is 6.07 Å². The van der Waals surface area contributed by atoms with E-state index in [9.17, 15) is 21.6 Å². The zero-order valence-electron chi connectivity index (χ0n) is 18.8. The standard InChI is InChI=1S/C22H28N2O6S2/c1-14-10-15(2)17(4)22(16(14)3)32(28,29)23-11-21(25)24-12-20(13-24)31(26,27)19-8-6-18(30-5)7-9-19/h6-10,20,23H,11-13H2,1-5H3. The number of ether oxygens (including phenoxy) is 1. The summed E-state index contributed by atoms with van der Waals surface area (Å²) < 4.78 is 58.7. The van der Waals surface area contributed by atoms with E-state index in [4.69, 9.17) is 4.74 Å². The van der Waals surface area contributed by atoms with Gasteiger partial charge >= 0.3 is 0 Å². The van der Waals surface area contributed by atoms with Crippen LogP contribution in [0.5, 0.6) is 5.75 Å². The summed E-state index contributed by atoms with van der Waals surface area (Å²) in [4.78, 5) is 14.2. The number of aryl methyl sites for hydroxylation is 2. The number of likely N-dealkylation sites (tertiary alicyclic amines) is 1. The summed E-state index contributed by atoms with van der Waals surface area (Å²) in [6.07, 6.45) is 0. The van der Waals surface area contributed by atoms with Crippen LogP contribution in [0, 0.1) is 27.7 Å². The second kappa shape index (κ2) is 8.84. The van der Waals surface area contributed by atoms with Crippen molar-refractivity contribution >= 4 is 25.8 Å². The van der Waals surface area contributed by atoms with Crippen molar-refractivity contribution < 1.29 is 26.4 Å². The SMILES string of the molecule is COc1ccc(S(=O)(=O)C2CN(C(=O)CNS(=O)(=O)c3c(C)c(C)cc(C)c3C)C2)cc1. The number of carbonyl (C=O) groups excluding carboxylic acids is 1. The van der Waals surface area contributed by atoms with Crippen LogP contribution in [-0.4, -0.2) is 59.6 Å². The number of sulfone groups is 1. The van der Waals surface area contributed by atoms with Gasteiger partial charge in [0.15, 0.2) is 9.84 Å². The summed E-state index contributed by atoms with van der Waals surface area (Å²) in [6.45, 7) is 6.78. The molecule has 10 heteroatoms. The van der Waals surface area contributed by atoms with Gasteiger partial charge in [-0.25, -0.2) is 21.6 Å². The fourth-order valence-electron chi connectivity index (χ4n) is 3.72. The molecular formula is C22H28N2O6S2. The second-order valence-electron chi connectivity index (χ2n) is 8.06. The third-order valence-electron chi connectivity index (χ3n) is 6.01. The average Bonchev–Trinajstić information content (AvgIpc) is 2.69. The minimum Gasteiger partial charge on any atom is -0.497 e. The Balaban J connectivity index is 1.64. The number of hydrogen-bond acceptors (Lipinski definition) is 6. The molecule has 8 nitrogen and oxygen atoms in total. The Bertz CT molecular complexity index is 1220. The fraction of sp³-hybridized carbons (Fsp3) is 0.409. The zero-order valence-corrected chi connectivity index (χ0v) is 20.4. The van der Waals surface area contributed by atoms with E-state index in [1.807, 2.05) is 19.9 Å². The number of sulfonamides is 1. The molecule has 1 N–H and O–H groups in total. The number of amides is 1. The molecule has 1 heterocycles. The van der Waals surface area contributed by atoms with Gasteiger partial charge in [0.05, 0.1) is 23.4 Å². The molecule has 0 radical (unpaired) electrons. The Kier molecular flexibility index (Phi) is 6.69. The van der Waals surface area contributed by atoms with Gasteiger partial charge in [-0.05, 0) is 74.2 Å². The minimum absolute atomic E-state index is 0.0243. The third-order valence-corrected chi connectivity index (χ3v) is 9.79. The van der Waals surface area contributed by atoms with E-state index in [1.54, 1.807) is 26.0 Å². The molecule has 1 aliphatic heterocycles. The van der Waals surface area contributed by atoms with Crippen LogP contribution in [0.25, 0.3) is 0 Å². The van der Waals surface area contributed by atoms with Crippen molar-refractivity contribution in [1.82, 2.24) is 9.62 Å². The first-order chi connectivity index (χ1) is 14.9. The van der Waals surface area contributed by atoms with Crippen LogP contribution >= 0.6 is 0 Å². The summed E-state index contributed by atoms with van der Waals surface area (Å²) in [5, 5.41) is -0.722. The lowest BCUT2D eigenvalue weighted by Crippen LogP contribution is -2.58. The van der Waals surface area contributed by atoms with Crippen molar-refractivity contribution in [1.29, 1.82) is 0 Å². The summed E-state index contributed by atoms with van der Waals surface area (Å²) >= 11 is 0. The summed E-state index contributed by atoms with van der Waals surface area (Å²) in [5.74, 6) is 0.0883. The number of rotatable bonds is 7. The second-order valence-corrected chi connectivity index (χ2v) is 12.0. The molecule has 2 aromatic rings. The number of hydrogen-bond donors (Lipinski definition) is 1. The molecule has 32 heavy (non-hydrogen) atoms. The van der Waals surface area contributed by atoms with Gasteiger partial charge in [0.25, 0.3) is 0 Å². The molecule has 1 amide bonds. The molecule has 1 aliphatic rings. The normalized spacial score (nSPS) is 14.8. The number of benzene rings is 2. The molecule has 0 unspecified atom stereocenters. The predicted octanol–water partition coefficient (Wildman–Crippen LogP) is 1.89. The molecule has 1 fully saturated rings. The van der Waals surface area contributed by atoms with Crippen molar-refractivity contribution in [2.24, 2.45) is 0 Å². The van der Waals surface area contributed by atoms with Crippen LogP contribution in [0.15, 0.2) is 40.1 Å². The van der Waals surface area contributed by atoms with E-state index >= 15 is 0 Å². The van der Waals surface area contributed by atoms with E-state index in [2.05, 4.69) is 4.72 Å². The largest absolute Gasteiger partial charge is 0.497 e. The lowest BCUT2D eigenvalue weighted by molar-refractivity contribution is -0.133. The van der Waals surface area contributed by atoms with Crippen LogP contribution in [0.1, 0.15) is 22.3 Å². The van der Waals surface area contributed by atoms with Crippen LogP contribution in [-0.2, 0) is 24.7 Å². The fourth-order valence-corrected chi connectivity index (χ4v) is 6.96. The lowest BCUT2D eigenvalue weighted by Gasteiger charge is -2.38. The topological polar surface area (TPSA) is 110 Å². The van der Waals surface area contributed by atoms with Crippen LogP contribution < -0.4 is 9.46 Å². The quantitative estimate of drug-likeness (QED) is 0.648. The molecule has 3 rings (SSSR count). The van der Waals surface area contributed by atoms with Crippen LogP contribution in [0.3, 0.4) is 0 Å². The van der Waals surface area contributed by atoms with Gasteiger partial charge in [-0.15, -0.1) is 0 Å². The highest BCUT2D eigenvalue weighted by molar-refractivity contribution is 7.92. The van der Waals surface area contributed by atoms with Gasteiger partial charge in [0, 0.05) is 13.1 Å². The molecule has 0 bridgehead atoms. The highest BCUT2D eigenvalue weighted by Gasteiger charge is 2.40. The molecule has 0 atom stereocenters. The van der Waals surface area contributed by atoms with Gasteiger partial charge < -0.3 is 9.64 Å². The first-order valence-electron chi connectivity index (χ1n) is 10.1. The van der Waals surface area contributed by atoms with Gasteiger partial charge in [-0.2, -0.15) is 0 Å². The van der Waals surface area contributed by atoms with Crippen molar-refractivity contribution in [2.45, 2.75) is 42.7 Å². The summed E-state index contributed by atoms with van der Waals surface area (Å²) in [6, 6.07) is 8.02. The summed E-state index contributed by atoms with van der Waals surface area (Å²) in [5.41, 5.74) is 2.99. The van der Waals surface area contributed by atoms with E-state index in [0.29, 0.717) is 16.9 Å². The number of carbonyl (C=O) groups is 1. The van der Waals surface area contributed by atoms with Gasteiger partial charge in [-0.3, -0.25) is 4.79 Å². The highest BCUT2D eigenvalue weighted by Crippen LogP contribution is 2.27. The smallest absolute Gasteiger partial charge is 0.241 e. The Morgan fingerprint density at radius 2 is 1.53 bits per heavy atom. The molecule has 2 aromatic carbocycles. The molecule has 174 valence electrons. The zero-order chi connectivity index (χ0) is 23.8. The van der Waals surface area contributed by atoms with Gasteiger partial charge in [0.2, 0.25) is 15.9 Å². The van der Waals surface area contributed by atoms with E-state index in [1.165, 1.54) is 24.1 Å².